The molecule has 0 saturated carbocycles. The van der Waals surface area contributed by atoms with Crippen LogP contribution < -0.4 is 10.2 Å². The van der Waals surface area contributed by atoms with Crippen LogP contribution in [0.3, 0.4) is 0 Å². The normalized spacial score (nSPS) is 18.1. The molecule has 2 amide bonds. The molecule has 0 aromatic heterocycles. The first-order valence-electron chi connectivity index (χ1n) is 11.0. The Morgan fingerprint density at radius 2 is 1.71 bits per heavy atom. The molecule has 2 aliphatic rings. The maximum Gasteiger partial charge on any atom is 0.238 e. The second-order valence-corrected chi connectivity index (χ2v) is 8.14. The molecule has 162 valence electrons. The van der Waals surface area contributed by atoms with Gasteiger partial charge in [0, 0.05) is 57.1 Å². The summed E-state index contributed by atoms with van der Waals surface area (Å²) in [6.07, 6.45) is 5.85. The summed E-state index contributed by atoms with van der Waals surface area (Å²) in [6.45, 7) is 5.75. The Morgan fingerprint density at radius 1 is 0.935 bits per heavy atom. The fourth-order valence-corrected chi connectivity index (χ4v) is 4.11. The number of piperazine rings is 1. The Kier molecular flexibility index (Phi) is 7.12. The highest BCUT2D eigenvalue weighted by Gasteiger charge is 2.22. The predicted molar refractivity (Wildman–Crippen MR) is 125 cm³/mol. The average molecular weight is 419 g/mol. The third kappa shape index (κ3) is 6.03. The summed E-state index contributed by atoms with van der Waals surface area (Å²) in [6, 6.07) is 17.9. The third-order valence-corrected chi connectivity index (χ3v) is 5.82. The van der Waals surface area contributed by atoms with Gasteiger partial charge in [0.25, 0.3) is 0 Å². The summed E-state index contributed by atoms with van der Waals surface area (Å²) in [5.41, 5.74) is 2.82. The maximum absolute atomic E-state index is 12.5. The van der Waals surface area contributed by atoms with E-state index in [1.807, 2.05) is 42.5 Å². The van der Waals surface area contributed by atoms with Gasteiger partial charge in [-0.25, -0.2) is 0 Å². The molecular weight excluding hydrogens is 388 g/mol. The van der Waals surface area contributed by atoms with Crippen LogP contribution in [0.2, 0.25) is 0 Å². The van der Waals surface area contributed by atoms with Crippen LogP contribution in [0.25, 0.3) is 6.08 Å². The number of carbonyl (C=O) groups excluding carboxylic acids is 2. The van der Waals surface area contributed by atoms with E-state index in [1.54, 1.807) is 4.90 Å². The van der Waals surface area contributed by atoms with Crippen LogP contribution in [0, 0.1) is 0 Å². The van der Waals surface area contributed by atoms with Gasteiger partial charge >= 0.3 is 0 Å². The van der Waals surface area contributed by atoms with E-state index in [1.165, 1.54) is 5.56 Å². The molecule has 6 heteroatoms. The van der Waals surface area contributed by atoms with Gasteiger partial charge in [0.2, 0.25) is 11.8 Å². The van der Waals surface area contributed by atoms with E-state index in [2.05, 4.69) is 39.4 Å². The molecule has 2 fully saturated rings. The van der Waals surface area contributed by atoms with Gasteiger partial charge in [0.05, 0.1) is 6.54 Å². The van der Waals surface area contributed by atoms with Crippen molar-refractivity contribution in [3.8, 4) is 0 Å². The zero-order valence-corrected chi connectivity index (χ0v) is 17.9. The van der Waals surface area contributed by atoms with Crippen molar-refractivity contribution in [1.29, 1.82) is 0 Å². The number of amides is 2. The SMILES string of the molecule is O=C(CN1CCN(C/C=C/c2ccccc2)CC1)Nc1cccc(N2CCCC2=O)c1. The maximum atomic E-state index is 12.5. The first kappa shape index (κ1) is 21.3. The van der Waals surface area contributed by atoms with Crippen LogP contribution in [0.5, 0.6) is 0 Å². The van der Waals surface area contributed by atoms with Gasteiger partial charge in [-0.05, 0) is 30.2 Å². The van der Waals surface area contributed by atoms with Crippen molar-refractivity contribution in [3.05, 3.63) is 66.2 Å². The van der Waals surface area contributed by atoms with Gasteiger partial charge < -0.3 is 10.2 Å². The number of hydrogen-bond acceptors (Lipinski definition) is 4. The smallest absolute Gasteiger partial charge is 0.238 e. The number of nitrogens with one attached hydrogen (secondary N) is 1. The van der Waals surface area contributed by atoms with Gasteiger partial charge in [-0.1, -0.05) is 48.6 Å². The minimum absolute atomic E-state index is 0.0117. The Hall–Kier alpha value is -2.96. The monoisotopic (exact) mass is 418 g/mol. The minimum atomic E-state index is -0.0117. The highest BCUT2D eigenvalue weighted by Crippen LogP contribution is 2.24. The van der Waals surface area contributed by atoms with Gasteiger partial charge in [-0.2, -0.15) is 0 Å². The highest BCUT2D eigenvalue weighted by molar-refractivity contribution is 5.97. The lowest BCUT2D eigenvalue weighted by Gasteiger charge is -2.33. The topological polar surface area (TPSA) is 55.9 Å². The van der Waals surface area contributed by atoms with E-state index >= 15 is 0 Å². The number of rotatable bonds is 7. The van der Waals surface area contributed by atoms with Crippen molar-refractivity contribution in [1.82, 2.24) is 9.80 Å². The van der Waals surface area contributed by atoms with Crippen molar-refractivity contribution < 1.29 is 9.59 Å². The summed E-state index contributed by atoms with van der Waals surface area (Å²) in [5, 5.41) is 2.99. The molecule has 0 aliphatic carbocycles. The first-order chi connectivity index (χ1) is 15.2. The molecular formula is C25H30N4O2. The molecule has 4 rings (SSSR count). The molecule has 1 N–H and O–H groups in total. The van der Waals surface area contributed by atoms with Gasteiger partial charge in [-0.15, -0.1) is 0 Å². The summed E-state index contributed by atoms with van der Waals surface area (Å²) in [4.78, 5) is 30.9. The van der Waals surface area contributed by atoms with E-state index in [9.17, 15) is 9.59 Å². The van der Waals surface area contributed by atoms with Crippen molar-refractivity contribution >= 4 is 29.3 Å². The molecule has 2 heterocycles. The number of hydrogen-bond donors (Lipinski definition) is 1. The Bertz CT molecular complexity index is 920. The first-order valence-corrected chi connectivity index (χ1v) is 11.0. The lowest BCUT2D eigenvalue weighted by molar-refractivity contribution is -0.118. The van der Waals surface area contributed by atoms with Crippen LogP contribution in [0.1, 0.15) is 18.4 Å². The number of anilines is 2. The highest BCUT2D eigenvalue weighted by atomic mass is 16.2. The largest absolute Gasteiger partial charge is 0.325 e. The van der Waals surface area contributed by atoms with Crippen molar-refractivity contribution in [3.63, 3.8) is 0 Å². The van der Waals surface area contributed by atoms with Gasteiger partial charge in [-0.3, -0.25) is 19.4 Å². The number of nitrogens with zero attached hydrogens (tertiary/aromatic N) is 3. The Labute approximate surface area is 184 Å². The molecule has 2 aromatic rings. The van der Waals surface area contributed by atoms with E-state index in [-0.39, 0.29) is 11.8 Å². The quantitative estimate of drug-likeness (QED) is 0.751. The van der Waals surface area contributed by atoms with Crippen LogP contribution in [0.4, 0.5) is 11.4 Å². The van der Waals surface area contributed by atoms with Crippen LogP contribution >= 0.6 is 0 Å². The minimum Gasteiger partial charge on any atom is -0.325 e. The molecule has 6 nitrogen and oxygen atoms in total. The number of benzene rings is 2. The fraction of sp³-hybridized carbons (Fsp3) is 0.360. The second-order valence-electron chi connectivity index (χ2n) is 8.14. The molecule has 0 atom stereocenters. The van der Waals surface area contributed by atoms with Crippen LogP contribution in [-0.2, 0) is 9.59 Å². The van der Waals surface area contributed by atoms with Crippen LogP contribution in [-0.4, -0.2) is 67.4 Å². The van der Waals surface area contributed by atoms with Gasteiger partial charge in [0.15, 0.2) is 0 Å². The average Bonchev–Trinajstić information content (AvgIpc) is 3.22. The van der Waals surface area contributed by atoms with Crippen molar-refractivity contribution in [2.24, 2.45) is 0 Å². The molecule has 0 bridgehead atoms. The summed E-state index contributed by atoms with van der Waals surface area (Å²) in [7, 11) is 0. The fourth-order valence-electron chi connectivity index (χ4n) is 4.11. The summed E-state index contributed by atoms with van der Waals surface area (Å²) in [5.74, 6) is 0.141. The molecule has 31 heavy (non-hydrogen) atoms. The van der Waals surface area contributed by atoms with Gasteiger partial charge in [0.1, 0.15) is 0 Å². The zero-order chi connectivity index (χ0) is 21.5. The molecule has 0 unspecified atom stereocenters. The third-order valence-electron chi connectivity index (χ3n) is 5.82. The second kappa shape index (κ2) is 10.4. The Balaban J connectivity index is 1.21. The lowest BCUT2D eigenvalue weighted by atomic mass is 10.2. The summed E-state index contributed by atoms with van der Waals surface area (Å²) >= 11 is 0. The lowest BCUT2D eigenvalue weighted by Crippen LogP contribution is -2.48. The standard InChI is InChI=1S/C25H30N4O2/c30-24(26-22-10-4-11-23(19-22)29-14-6-12-25(29)31)20-28-17-15-27(16-18-28)13-5-9-21-7-2-1-3-8-21/h1-5,7-11,19H,6,12-18,20H2,(H,26,30)/b9-5+. The predicted octanol–water partition coefficient (Wildman–Crippen LogP) is 3.08. The molecule has 0 spiro atoms. The van der Waals surface area contributed by atoms with E-state index in [0.717, 1.165) is 57.1 Å². The molecule has 2 aliphatic heterocycles. The van der Waals surface area contributed by atoms with E-state index < -0.39 is 0 Å². The molecule has 2 aromatic carbocycles. The molecule has 0 radical (unpaired) electrons. The van der Waals surface area contributed by atoms with Crippen LogP contribution in [0.15, 0.2) is 60.7 Å². The molecule has 2 saturated heterocycles. The van der Waals surface area contributed by atoms with E-state index in [4.69, 9.17) is 0 Å². The Morgan fingerprint density at radius 3 is 2.45 bits per heavy atom. The van der Waals surface area contributed by atoms with Crippen molar-refractivity contribution in [2.45, 2.75) is 12.8 Å². The number of carbonyl (C=O) groups is 2. The zero-order valence-electron chi connectivity index (χ0n) is 17.9. The summed E-state index contributed by atoms with van der Waals surface area (Å²) < 4.78 is 0. The van der Waals surface area contributed by atoms with E-state index in [0.29, 0.717) is 13.0 Å². The van der Waals surface area contributed by atoms with Crippen molar-refractivity contribution in [2.75, 3.05) is 56.0 Å².